The Labute approximate surface area is 317 Å². The van der Waals surface area contributed by atoms with Gasteiger partial charge < -0.3 is 9.73 Å². The highest BCUT2D eigenvalue weighted by molar-refractivity contribution is 6.36. The maximum absolute atomic E-state index is 6.61. The summed E-state index contributed by atoms with van der Waals surface area (Å²) in [6.07, 6.45) is 28.2. The molecule has 5 heteroatoms. The molecule has 53 heavy (non-hydrogen) atoms. The lowest BCUT2D eigenvalue weighted by Gasteiger charge is -2.40. The number of aryl methyl sites for hydroxylation is 1. The predicted octanol–water partition coefficient (Wildman–Crippen LogP) is 11.6. The third-order valence-electron chi connectivity index (χ3n) is 14.0. The molecule has 3 aromatic carbocycles. The number of halogens is 1. The number of hydrogen-bond acceptors (Lipinski definition) is 4. The SMILES string of the molecule is Clc1cccc2c1oc1cccc(C3=CC(C4=NC(C5=CC6C=CCCC6CC5)NC(C5CCC6C(C5)C6C5=CCCc6ccccc65)N4)=CCC3)c12. The zero-order valence-electron chi connectivity index (χ0n) is 30.4. The first-order valence-electron chi connectivity index (χ1n) is 20.4. The highest BCUT2D eigenvalue weighted by Gasteiger charge is 2.55. The molecule has 268 valence electrons. The van der Waals surface area contributed by atoms with E-state index in [2.05, 4.69) is 95.6 Å². The zero-order chi connectivity index (χ0) is 35.0. The second-order valence-electron chi connectivity index (χ2n) is 16.8. The summed E-state index contributed by atoms with van der Waals surface area (Å²) in [6, 6.07) is 21.7. The number of para-hydroxylation sites is 1. The standard InChI is InChI=1S/C48H48ClN3O/c49-41-19-7-18-39-44-36(16-8-20-42(44)53-45(39)41)31-13-5-14-32(26-31)46-50-47(33-22-21-28-9-1-2-11-30(28)25-33)52-48(51-46)34-23-24-38-40(27-34)43(38)37-17-6-12-29-10-3-4-15-35(29)37/h2-4,7-8,10-11,14-20,25-26,28,30,34,38,40,43,47-48,52H,1,5-6,9,12-13,21-24,27H2,(H,50,51). The van der Waals surface area contributed by atoms with Crippen molar-refractivity contribution in [3.05, 3.63) is 130 Å². The van der Waals surface area contributed by atoms with Crippen LogP contribution in [0.3, 0.4) is 0 Å². The molecule has 2 saturated carbocycles. The lowest BCUT2D eigenvalue weighted by molar-refractivity contribution is 0.227. The number of rotatable bonds is 5. The van der Waals surface area contributed by atoms with Gasteiger partial charge in [0.1, 0.15) is 17.6 Å². The van der Waals surface area contributed by atoms with E-state index in [4.69, 9.17) is 21.0 Å². The molecule has 1 aliphatic heterocycles. The van der Waals surface area contributed by atoms with Gasteiger partial charge in [0.05, 0.1) is 11.2 Å². The van der Waals surface area contributed by atoms with Crippen molar-refractivity contribution in [2.24, 2.45) is 40.5 Å². The Balaban J connectivity index is 0.915. The van der Waals surface area contributed by atoms with E-state index >= 15 is 0 Å². The normalized spacial score (nSPS) is 32.0. The topological polar surface area (TPSA) is 49.6 Å². The van der Waals surface area contributed by atoms with Gasteiger partial charge in [0, 0.05) is 16.3 Å². The van der Waals surface area contributed by atoms with Gasteiger partial charge >= 0.3 is 0 Å². The van der Waals surface area contributed by atoms with Crippen LogP contribution in [0.5, 0.6) is 0 Å². The van der Waals surface area contributed by atoms with E-state index in [1.165, 1.54) is 79.2 Å². The van der Waals surface area contributed by atoms with Crippen molar-refractivity contribution in [1.29, 1.82) is 0 Å². The van der Waals surface area contributed by atoms with Gasteiger partial charge in [-0.25, -0.2) is 4.99 Å². The average molecular weight is 718 g/mol. The largest absolute Gasteiger partial charge is 0.454 e. The molecule has 2 fully saturated rings. The summed E-state index contributed by atoms with van der Waals surface area (Å²) in [6.45, 7) is 0. The van der Waals surface area contributed by atoms with Crippen molar-refractivity contribution in [3.63, 3.8) is 0 Å². The number of amidine groups is 1. The molecule has 1 aromatic heterocycles. The number of nitrogens with one attached hydrogen (secondary N) is 2. The van der Waals surface area contributed by atoms with Crippen LogP contribution >= 0.6 is 11.6 Å². The Kier molecular flexibility index (Phi) is 7.94. The van der Waals surface area contributed by atoms with E-state index in [0.717, 1.165) is 70.7 Å². The smallest absolute Gasteiger partial charge is 0.154 e. The van der Waals surface area contributed by atoms with Crippen LogP contribution in [0.15, 0.2) is 118 Å². The van der Waals surface area contributed by atoms with E-state index < -0.39 is 0 Å². The van der Waals surface area contributed by atoms with E-state index in [9.17, 15) is 0 Å². The monoisotopic (exact) mass is 717 g/mol. The quantitative estimate of drug-likeness (QED) is 0.202. The van der Waals surface area contributed by atoms with E-state index in [1.807, 2.05) is 12.1 Å². The Morgan fingerprint density at radius 1 is 0.792 bits per heavy atom. The Morgan fingerprint density at radius 3 is 2.68 bits per heavy atom. The van der Waals surface area contributed by atoms with Crippen LogP contribution in [-0.4, -0.2) is 18.2 Å². The summed E-state index contributed by atoms with van der Waals surface area (Å²) in [5.74, 6) is 5.33. The molecule has 0 radical (unpaired) electrons. The third-order valence-corrected chi connectivity index (χ3v) is 14.3. The van der Waals surface area contributed by atoms with Crippen molar-refractivity contribution in [1.82, 2.24) is 10.6 Å². The number of aliphatic imine (C=N–C) groups is 1. The summed E-state index contributed by atoms with van der Waals surface area (Å²) in [4.78, 5) is 5.54. The molecule has 2 N–H and O–H groups in total. The number of furan rings is 1. The van der Waals surface area contributed by atoms with Crippen LogP contribution in [0.25, 0.3) is 33.1 Å². The lowest BCUT2D eigenvalue weighted by Crippen LogP contribution is -2.58. The first-order chi connectivity index (χ1) is 26.2. The van der Waals surface area contributed by atoms with Gasteiger partial charge in [0.25, 0.3) is 0 Å². The van der Waals surface area contributed by atoms with Gasteiger partial charge in [-0.3, -0.25) is 5.32 Å². The summed E-state index contributed by atoms with van der Waals surface area (Å²) >= 11 is 6.61. The van der Waals surface area contributed by atoms with Crippen molar-refractivity contribution in [2.45, 2.75) is 83.0 Å². The highest BCUT2D eigenvalue weighted by Crippen LogP contribution is 2.63. The molecule has 6 aliphatic carbocycles. The molecule has 0 bridgehead atoms. The fourth-order valence-corrected chi connectivity index (χ4v) is 11.5. The minimum absolute atomic E-state index is 0.0104. The highest BCUT2D eigenvalue weighted by atomic mass is 35.5. The molecule has 8 unspecified atom stereocenters. The van der Waals surface area contributed by atoms with Gasteiger partial charge in [-0.1, -0.05) is 90.5 Å². The fraction of sp³-hybridized carbons (Fsp3) is 0.396. The fourth-order valence-electron chi connectivity index (χ4n) is 11.3. The van der Waals surface area contributed by atoms with Crippen molar-refractivity contribution < 1.29 is 4.42 Å². The number of allylic oxidation sites excluding steroid dienone is 7. The number of fused-ring (bicyclic) bond motifs is 6. The second-order valence-corrected chi connectivity index (χ2v) is 17.2. The van der Waals surface area contributed by atoms with E-state index in [0.29, 0.717) is 16.9 Å². The molecule has 11 rings (SSSR count). The molecule has 4 aromatic rings. The van der Waals surface area contributed by atoms with Crippen molar-refractivity contribution in [2.75, 3.05) is 0 Å². The first kappa shape index (κ1) is 32.3. The number of nitrogens with zero attached hydrogens (tertiary/aromatic N) is 1. The lowest BCUT2D eigenvalue weighted by atomic mass is 9.75. The minimum Gasteiger partial charge on any atom is -0.454 e. The van der Waals surface area contributed by atoms with Crippen LogP contribution < -0.4 is 10.6 Å². The molecule has 2 heterocycles. The van der Waals surface area contributed by atoms with E-state index in [-0.39, 0.29) is 12.3 Å². The first-order valence-corrected chi connectivity index (χ1v) is 20.8. The Hall–Kier alpha value is -4.12. The predicted molar refractivity (Wildman–Crippen MR) is 219 cm³/mol. The summed E-state index contributed by atoms with van der Waals surface area (Å²) in [7, 11) is 0. The van der Waals surface area contributed by atoms with Crippen molar-refractivity contribution >= 4 is 50.5 Å². The molecular weight excluding hydrogens is 670 g/mol. The maximum atomic E-state index is 6.61. The summed E-state index contributed by atoms with van der Waals surface area (Å²) in [5, 5.41) is 11.1. The van der Waals surface area contributed by atoms with Gasteiger partial charge in [-0.15, -0.1) is 0 Å². The molecule has 0 saturated heterocycles. The van der Waals surface area contributed by atoms with Gasteiger partial charge in [0.2, 0.25) is 0 Å². The van der Waals surface area contributed by atoms with Crippen LogP contribution in [-0.2, 0) is 6.42 Å². The van der Waals surface area contributed by atoms with Crippen LogP contribution in [0.4, 0.5) is 0 Å². The molecule has 4 nitrogen and oxygen atoms in total. The Morgan fingerprint density at radius 2 is 1.70 bits per heavy atom. The van der Waals surface area contributed by atoms with Crippen LogP contribution in [0, 0.1) is 35.5 Å². The van der Waals surface area contributed by atoms with Gasteiger partial charge in [-0.05, 0) is 158 Å². The molecular formula is C48H48ClN3O. The maximum Gasteiger partial charge on any atom is 0.154 e. The average Bonchev–Trinajstić information content (AvgIpc) is 3.80. The van der Waals surface area contributed by atoms with Gasteiger partial charge in [0.15, 0.2) is 5.58 Å². The molecule has 7 aliphatic rings. The summed E-state index contributed by atoms with van der Waals surface area (Å²) < 4.78 is 6.30. The minimum atomic E-state index is 0.0104. The van der Waals surface area contributed by atoms with Crippen LogP contribution in [0.1, 0.15) is 80.9 Å². The van der Waals surface area contributed by atoms with Crippen LogP contribution in [0.2, 0.25) is 5.02 Å². The van der Waals surface area contributed by atoms with Crippen molar-refractivity contribution in [3.8, 4) is 0 Å². The molecule has 8 atom stereocenters. The van der Waals surface area contributed by atoms with E-state index in [1.54, 1.807) is 11.1 Å². The van der Waals surface area contributed by atoms with Gasteiger partial charge in [-0.2, -0.15) is 0 Å². The second kappa shape index (κ2) is 13.0. The molecule has 0 amide bonds. The number of benzene rings is 3. The third kappa shape index (κ3) is 5.62. The molecule has 0 spiro atoms. The zero-order valence-corrected chi connectivity index (χ0v) is 31.1. The summed E-state index contributed by atoms with van der Waals surface area (Å²) in [5.41, 5.74) is 11.7. The Bertz CT molecular complexity index is 2320. The number of hydrogen-bond donors (Lipinski definition) is 2.